The molecular formula is C16H30N2O6. The summed E-state index contributed by atoms with van der Waals surface area (Å²) in [5, 5.41) is 9.40. The summed E-state index contributed by atoms with van der Waals surface area (Å²) in [6.07, 6.45) is 2.13. The number of carbonyl (C=O) groups is 3. The first-order valence-corrected chi connectivity index (χ1v) is 8.55. The molecule has 0 spiro atoms. The van der Waals surface area contributed by atoms with Gasteiger partial charge < -0.3 is 20.3 Å². The normalized spacial score (nSPS) is 11.6. The van der Waals surface area contributed by atoms with E-state index in [2.05, 4.69) is 0 Å². The van der Waals surface area contributed by atoms with Gasteiger partial charge in [-0.2, -0.15) is 4.90 Å². The van der Waals surface area contributed by atoms with Crippen LogP contribution in [0.1, 0.15) is 58.8 Å². The third kappa shape index (κ3) is 8.71. The van der Waals surface area contributed by atoms with E-state index in [1.54, 1.807) is 0 Å². The van der Waals surface area contributed by atoms with Crippen molar-refractivity contribution in [1.29, 1.82) is 0 Å². The molecule has 1 atom stereocenters. The Kier molecular flexibility index (Phi) is 12.6. The molecule has 0 rings (SSSR count). The maximum Gasteiger partial charge on any atom is 0.420 e. The number of nitrogens with zero attached hydrogens (tertiary/aromatic N) is 1. The van der Waals surface area contributed by atoms with Gasteiger partial charge in [-0.1, -0.05) is 26.7 Å². The first-order valence-electron chi connectivity index (χ1n) is 8.55. The maximum atomic E-state index is 12.2. The van der Waals surface area contributed by atoms with Crippen LogP contribution in [0.4, 0.5) is 9.59 Å². The van der Waals surface area contributed by atoms with Crippen LogP contribution in [0.2, 0.25) is 0 Å². The Bertz CT molecular complexity index is 367. The molecule has 0 saturated heterocycles. The molecule has 0 aromatic rings. The van der Waals surface area contributed by atoms with Crippen LogP contribution < -0.4 is 5.73 Å². The largest absolute Gasteiger partial charge is 0.480 e. The van der Waals surface area contributed by atoms with Gasteiger partial charge >= 0.3 is 18.2 Å². The molecule has 8 heteroatoms. The summed E-state index contributed by atoms with van der Waals surface area (Å²) < 4.78 is 10.0. The van der Waals surface area contributed by atoms with Gasteiger partial charge in [-0.05, 0) is 38.6 Å². The van der Waals surface area contributed by atoms with Gasteiger partial charge in [0.25, 0.3) is 0 Å². The number of unbranched alkanes of at least 4 members (excludes halogenated alkanes) is 3. The van der Waals surface area contributed by atoms with Gasteiger partial charge in [-0.3, -0.25) is 0 Å². The highest BCUT2D eigenvalue weighted by Gasteiger charge is 2.36. The van der Waals surface area contributed by atoms with Crippen LogP contribution in [0.25, 0.3) is 0 Å². The Hall–Kier alpha value is -1.83. The zero-order valence-electron chi connectivity index (χ0n) is 14.7. The van der Waals surface area contributed by atoms with Crippen molar-refractivity contribution in [3.05, 3.63) is 0 Å². The van der Waals surface area contributed by atoms with Gasteiger partial charge in [-0.15, -0.1) is 0 Å². The molecule has 3 N–H and O–H groups in total. The summed E-state index contributed by atoms with van der Waals surface area (Å²) in [5.74, 6) is -1.27. The van der Waals surface area contributed by atoms with E-state index >= 15 is 0 Å². The molecule has 140 valence electrons. The Balaban J connectivity index is 5.04. The van der Waals surface area contributed by atoms with Gasteiger partial charge in [0.1, 0.15) is 6.04 Å². The Morgan fingerprint density at radius 2 is 1.46 bits per heavy atom. The fourth-order valence-electron chi connectivity index (χ4n) is 1.92. The molecular weight excluding hydrogens is 316 g/mol. The highest BCUT2D eigenvalue weighted by atomic mass is 16.6. The first kappa shape index (κ1) is 22.2. The number of nitrogens with two attached hydrogens (primary N) is 1. The van der Waals surface area contributed by atoms with Crippen LogP contribution in [0, 0.1) is 0 Å². The number of rotatable bonds is 12. The summed E-state index contributed by atoms with van der Waals surface area (Å²) in [4.78, 5) is 36.5. The van der Waals surface area contributed by atoms with Crippen molar-refractivity contribution in [1.82, 2.24) is 4.90 Å². The van der Waals surface area contributed by atoms with Gasteiger partial charge in [-0.25, -0.2) is 14.4 Å². The third-order valence-corrected chi connectivity index (χ3v) is 3.37. The lowest BCUT2D eigenvalue weighted by Gasteiger charge is -2.25. The second kappa shape index (κ2) is 13.6. The van der Waals surface area contributed by atoms with Gasteiger partial charge in [0.15, 0.2) is 0 Å². The summed E-state index contributed by atoms with van der Waals surface area (Å²) in [7, 11) is 0. The van der Waals surface area contributed by atoms with E-state index < -0.39 is 24.2 Å². The average Bonchev–Trinajstić information content (AvgIpc) is 2.54. The smallest absolute Gasteiger partial charge is 0.420 e. The summed E-state index contributed by atoms with van der Waals surface area (Å²) in [6, 6.07) is -1.32. The van der Waals surface area contributed by atoms with E-state index in [0.29, 0.717) is 37.1 Å². The molecule has 0 aromatic carbocycles. The van der Waals surface area contributed by atoms with Crippen LogP contribution in [0.5, 0.6) is 0 Å². The molecule has 24 heavy (non-hydrogen) atoms. The van der Waals surface area contributed by atoms with E-state index in [1.165, 1.54) is 0 Å². The third-order valence-electron chi connectivity index (χ3n) is 3.37. The molecule has 0 bridgehead atoms. The second-order valence-electron chi connectivity index (χ2n) is 5.44. The van der Waals surface area contributed by atoms with E-state index in [1.807, 2.05) is 13.8 Å². The number of hydrogen-bond acceptors (Lipinski definition) is 6. The molecule has 0 saturated carbocycles. The lowest BCUT2D eigenvalue weighted by molar-refractivity contribution is -0.142. The molecule has 2 amide bonds. The molecule has 8 nitrogen and oxygen atoms in total. The Labute approximate surface area is 143 Å². The molecule has 0 radical (unpaired) electrons. The minimum atomic E-state index is -1.32. The van der Waals surface area contributed by atoms with Crippen LogP contribution in [0.3, 0.4) is 0 Å². The molecule has 0 fully saturated rings. The Morgan fingerprint density at radius 1 is 0.958 bits per heavy atom. The summed E-state index contributed by atoms with van der Waals surface area (Å²) >= 11 is 0. The van der Waals surface area contributed by atoms with E-state index in [-0.39, 0.29) is 19.6 Å². The minimum Gasteiger partial charge on any atom is -0.480 e. The molecule has 0 aliphatic heterocycles. The molecule has 0 aromatic heterocycles. The fourth-order valence-corrected chi connectivity index (χ4v) is 1.92. The van der Waals surface area contributed by atoms with Crippen molar-refractivity contribution in [2.45, 2.75) is 64.8 Å². The highest BCUT2D eigenvalue weighted by molar-refractivity contribution is 5.93. The molecule has 0 aliphatic rings. The van der Waals surface area contributed by atoms with Crippen molar-refractivity contribution >= 4 is 18.2 Å². The minimum absolute atomic E-state index is 0.109. The number of carboxylic acid groups (broad SMARTS) is 1. The average molecular weight is 346 g/mol. The van der Waals surface area contributed by atoms with Crippen LogP contribution >= 0.6 is 0 Å². The van der Waals surface area contributed by atoms with Crippen molar-refractivity contribution in [2.24, 2.45) is 5.73 Å². The number of carboxylic acids is 1. The monoisotopic (exact) mass is 346 g/mol. The lowest BCUT2D eigenvalue weighted by atomic mass is 10.1. The van der Waals surface area contributed by atoms with E-state index in [9.17, 15) is 19.5 Å². The van der Waals surface area contributed by atoms with Gasteiger partial charge in [0.05, 0.1) is 13.2 Å². The summed E-state index contributed by atoms with van der Waals surface area (Å²) in [6.45, 7) is 4.52. The van der Waals surface area contributed by atoms with Crippen molar-refractivity contribution < 1.29 is 29.0 Å². The molecule has 0 heterocycles. The first-order chi connectivity index (χ1) is 11.5. The zero-order valence-corrected chi connectivity index (χ0v) is 14.7. The highest BCUT2D eigenvalue weighted by Crippen LogP contribution is 2.14. The number of aliphatic carboxylic acids is 1. The van der Waals surface area contributed by atoms with Gasteiger partial charge in [0, 0.05) is 0 Å². The van der Waals surface area contributed by atoms with Crippen LogP contribution in [-0.2, 0) is 14.3 Å². The van der Waals surface area contributed by atoms with Crippen LogP contribution in [-0.4, -0.2) is 54.0 Å². The number of hydrogen-bond donors (Lipinski definition) is 2. The molecule has 0 aliphatic carbocycles. The number of carbonyl (C=O) groups excluding carboxylic acids is 2. The van der Waals surface area contributed by atoms with E-state index in [4.69, 9.17) is 15.2 Å². The predicted octanol–water partition coefficient (Wildman–Crippen LogP) is 2.74. The summed E-state index contributed by atoms with van der Waals surface area (Å²) in [5.41, 5.74) is 5.40. The van der Waals surface area contributed by atoms with E-state index in [0.717, 1.165) is 12.8 Å². The zero-order chi connectivity index (χ0) is 18.4. The SMILES string of the molecule is CCCCOC(=O)N(C(=O)OCCCC)[C@@H](CCCCN)C(=O)O. The van der Waals surface area contributed by atoms with Crippen molar-refractivity contribution in [3.8, 4) is 0 Å². The fraction of sp³-hybridized carbons (Fsp3) is 0.812. The van der Waals surface area contributed by atoms with Gasteiger partial charge in [0.2, 0.25) is 0 Å². The second-order valence-corrected chi connectivity index (χ2v) is 5.44. The quantitative estimate of drug-likeness (QED) is 0.521. The van der Waals surface area contributed by atoms with Crippen molar-refractivity contribution in [2.75, 3.05) is 19.8 Å². The topological polar surface area (TPSA) is 119 Å². The maximum absolute atomic E-state index is 12.2. The predicted molar refractivity (Wildman–Crippen MR) is 88.7 cm³/mol. The number of amides is 2. The number of imide groups is 1. The standard InChI is InChI=1S/C16H30N2O6/c1-3-5-11-23-15(21)18(16(22)24-12-6-4-2)13(14(19)20)9-7-8-10-17/h13H,3-12,17H2,1-2H3,(H,19,20)/t13-/m0/s1. The molecule has 0 unspecified atom stereocenters. The van der Waals surface area contributed by atoms with Crippen molar-refractivity contribution in [3.63, 3.8) is 0 Å². The van der Waals surface area contributed by atoms with Crippen LogP contribution in [0.15, 0.2) is 0 Å². The number of ether oxygens (including phenoxy) is 2. The Morgan fingerprint density at radius 3 is 1.83 bits per heavy atom. The lowest BCUT2D eigenvalue weighted by Crippen LogP contribution is -2.49.